The highest BCUT2D eigenvalue weighted by Crippen LogP contribution is 2.17. The van der Waals surface area contributed by atoms with Gasteiger partial charge in [0.15, 0.2) is 0 Å². The molecule has 96 valence electrons. The van der Waals surface area contributed by atoms with Crippen molar-refractivity contribution >= 4 is 0 Å². The summed E-state index contributed by atoms with van der Waals surface area (Å²) in [6.45, 7) is 13.1. The first-order valence-electron chi connectivity index (χ1n) is 6.63. The van der Waals surface area contributed by atoms with Crippen LogP contribution in [0.15, 0.2) is 0 Å². The Morgan fingerprint density at radius 1 is 1.25 bits per heavy atom. The Hall–Kier alpha value is -0.120. The van der Waals surface area contributed by atoms with Crippen LogP contribution < -0.4 is 10.6 Å². The van der Waals surface area contributed by atoms with Gasteiger partial charge >= 0.3 is 0 Å². The van der Waals surface area contributed by atoms with Crippen LogP contribution in [0.3, 0.4) is 0 Å². The molecule has 1 aliphatic heterocycles. The number of nitrogens with one attached hydrogen (secondary N) is 2. The van der Waals surface area contributed by atoms with Gasteiger partial charge in [-0.25, -0.2) is 0 Å². The highest BCUT2D eigenvalue weighted by atomic mass is 16.5. The van der Waals surface area contributed by atoms with E-state index in [2.05, 4.69) is 38.3 Å². The molecule has 0 aromatic rings. The van der Waals surface area contributed by atoms with Crippen LogP contribution in [0, 0.1) is 11.8 Å². The van der Waals surface area contributed by atoms with E-state index in [-0.39, 0.29) is 0 Å². The molecule has 3 nitrogen and oxygen atoms in total. The van der Waals surface area contributed by atoms with Gasteiger partial charge < -0.3 is 15.4 Å². The van der Waals surface area contributed by atoms with Crippen LogP contribution in [0.4, 0.5) is 0 Å². The maximum Gasteiger partial charge on any atom is 0.0551 e. The SMILES string of the molecule is CC(C)CNCC(C)NCC1COC(C)C1. The largest absolute Gasteiger partial charge is 0.378 e. The van der Waals surface area contributed by atoms with Crippen LogP contribution in [0.5, 0.6) is 0 Å². The normalized spacial score (nSPS) is 27.6. The zero-order valence-corrected chi connectivity index (χ0v) is 11.3. The average molecular weight is 228 g/mol. The summed E-state index contributed by atoms with van der Waals surface area (Å²) >= 11 is 0. The molecular weight excluding hydrogens is 200 g/mol. The predicted octanol–water partition coefficient (Wildman–Crippen LogP) is 1.64. The highest BCUT2D eigenvalue weighted by Gasteiger charge is 2.21. The van der Waals surface area contributed by atoms with Crippen molar-refractivity contribution < 1.29 is 4.74 Å². The Morgan fingerprint density at radius 2 is 2.00 bits per heavy atom. The van der Waals surface area contributed by atoms with Gasteiger partial charge in [-0.05, 0) is 38.6 Å². The predicted molar refractivity (Wildman–Crippen MR) is 68.7 cm³/mol. The molecule has 0 radical (unpaired) electrons. The first-order valence-corrected chi connectivity index (χ1v) is 6.63. The van der Waals surface area contributed by atoms with Crippen LogP contribution >= 0.6 is 0 Å². The number of hydrogen-bond donors (Lipinski definition) is 2. The Balaban J connectivity index is 1.99. The standard InChI is InChI=1S/C13H28N2O/c1-10(2)6-14-7-11(3)15-8-13-5-12(4)16-9-13/h10-15H,5-9H2,1-4H3. The number of ether oxygens (including phenoxy) is 1. The van der Waals surface area contributed by atoms with Gasteiger partial charge in [0.2, 0.25) is 0 Å². The van der Waals surface area contributed by atoms with Crippen LogP contribution in [-0.2, 0) is 4.74 Å². The van der Waals surface area contributed by atoms with E-state index in [1.807, 2.05) is 0 Å². The van der Waals surface area contributed by atoms with Crippen molar-refractivity contribution in [3.8, 4) is 0 Å². The molecule has 1 rings (SSSR count). The molecule has 3 atom stereocenters. The summed E-state index contributed by atoms with van der Waals surface area (Å²) in [5, 5.41) is 7.05. The third kappa shape index (κ3) is 5.83. The molecule has 1 saturated heterocycles. The molecule has 1 aliphatic rings. The van der Waals surface area contributed by atoms with E-state index >= 15 is 0 Å². The second-order valence-electron chi connectivity index (χ2n) is 5.61. The van der Waals surface area contributed by atoms with Gasteiger partial charge in [0.1, 0.15) is 0 Å². The van der Waals surface area contributed by atoms with E-state index < -0.39 is 0 Å². The second-order valence-corrected chi connectivity index (χ2v) is 5.61. The van der Waals surface area contributed by atoms with E-state index in [9.17, 15) is 0 Å². The Kier molecular flexibility index (Phi) is 6.32. The lowest BCUT2D eigenvalue weighted by atomic mass is 10.1. The van der Waals surface area contributed by atoms with Crippen molar-refractivity contribution in [2.24, 2.45) is 11.8 Å². The molecular formula is C13H28N2O. The van der Waals surface area contributed by atoms with Crippen LogP contribution in [-0.4, -0.2) is 38.4 Å². The Morgan fingerprint density at radius 3 is 2.56 bits per heavy atom. The molecule has 0 saturated carbocycles. The molecule has 16 heavy (non-hydrogen) atoms. The molecule has 3 heteroatoms. The molecule has 1 fully saturated rings. The van der Waals surface area contributed by atoms with Crippen molar-refractivity contribution in [1.29, 1.82) is 0 Å². The van der Waals surface area contributed by atoms with Crippen molar-refractivity contribution in [2.45, 2.75) is 46.3 Å². The van der Waals surface area contributed by atoms with Crippen molar-refractivity contribution in [3.63, 3.8) is 0 Å². The minimum atomic E-state index is 0.459. The van der Waals surface area contributed by atoms with E-state index in [0.717, 1.165) is 32.2 Å². The summed E-state index contributed by atoms with van der Waals surface area (Å²) in [5.74, 6) is 1.44. The quantitative estimate of drug-likeness (QED) is 0.695. The fourth-order valence-corrected chi connectivity index (χ4v) is 2.08. The topological polar surface area (TPSA) is 33.3 Å². The third-order valence-corrected chi connectivity index (χ3v) is 3.04. The molecule has 0 amide bonds. The first kappa shape index (κ1) is 13.9. The fraction of sp³-hybridized carbons (Fsp3) is 1.00. The van der Waals surface area contributed by atoms with Gasteiger partial charge in [0.05, 0.1) is 12.7 Å². The maximum absolute atomic E-state index is 5.55. The third-order valence-electron chi connectivity index (χ3n) is 3.04. The molecule has 0 spiro atoms. The van der Waals surface area contributed by atoms with Gasteiger partial charge in [-0.1, -0.05) is 13.8 Å². The highest BCUT2D eigenvalue weighted by molar-refractivity contribution is 4.74. The zero-order valence-electron chi connectivity index (χ0n) is 11.3. The molecule has 2 N–H and O–H groups in total. The van der Waals surface area contributed by atoms with E-state index in [1.165, 1.54) is 6.42 Å². The van der Waals surface area contributed by atoms with Crippen LogP contribution in [0.2, 0.25) is 0 Å². The summed E-state index contributed by atoms with van der Waals surface area (Å²) in [6.07, 6.45) is 1.67. The van der Waals surface area contributed by atoms with E-state index in [4.69, 9.17) is 4.74 Å². The fourth-order valence-electron chi connectivity index (χ4n) is 2.08. The lowest BCUT2D eigenvalue weighted by molar-refractivity contribution is 0.120. The van der Waals surface area contributed by atoms with Gasteiger partial charge in [-0.3, -0.25) is 0 Å². The van der Waals surface area contributed by atoms with Gasteiger partial charge in [0, 0.05) is 19.1 Å². The van der Waals surface area contributed by atoms with Crippen LogP contribution in [0.1, 0.15) is 34.1 Å². The van der Waals surface area contributed by atoms with Gasteiger partial charge in [-0.15, -0.1) is 0 Å². The molecule has 0 aromatic heterocycles. The van der Waals surface area contributed by atoms with Crippen LogP contribution in [0.25, 0.3) is 0 Å². The molecule has 0 aliphatic carbocycles. The minimum absolute atomic E-state index is 0.459. The van der Waals surface area contributed by atoms with Gasteiger partial charge in [-0.2, -0.15) is 0 Å². The molecule has 0 bridgehead atoms. The minimum Gasteiger partial charge on any atom is -0.378 e. The zero-order chi connectivity index (χ0) is 12.0. The smallest absolute Gasteiger partial charge is 0.0551 e. The lowest BCUT2D eigenvalue weighted by Crippen LogP contribution is -2.39. The summed E-state index contributed by atoms with van der Waals surface area (Å²) < 4.78 is 5.55. The summed E-state index contributed by atoms with van der Waals surface area (Å²) in [7, 11) is 0. The molecule has 0 aromatic carbocycles. The average Bonchev–Trinajstić information content (AvgIpc) is 2.61. The number of rotatable bonds is 7. The summed E-state index contributed by atoms with van der Waals surface area (Å²) in [4.78, 5) is 0. The van der Waals surface area contributed by atoms with E-state index in [0.29, 0.717) is 18.1 Å². The van der Waals surface area contributed by atoms with Crippen molar-refractivity contribution in [2.75, 3.05) is 26.2 Å². The summed E-state index contributed by atoms with van der Waals surface area (Å²) in [6, 6.07) is 0.551. The van der Waals surface area contributed by atoms with Gasteiger partial charge in [0.25, 0.3) is 0 Å². The first-order chi connectivity index (χ1) is 7.58. The summed E-state index contributed by atoms with van der Waals surface area (Å²) in [5.41, 5.74) is 0. The number of hydrogen-bond acceptors (Lipinski definition) is 3. The molecule has 3 unspecified atom stereocenters. The molecule has 1 heterocycles. The lowest BCUT2D eigenvalue weighted by Gasteiger charge is -2.17. The second kappa shape index (κ2) is 7.25. The monoisotopic (exact) mass is 228 g/mol. The maximum atomic E-state index is 5.55. The Bertz CT molecular complexity index is 185. The Labute approximate surface area is 100 Å². The van der Waals surface area contributed by atoms with Crippen molar-refractivity contribution in [3.05, 3.63) is 0 Å². The van der Waals surface area contributed by atoms with E-state index in [1.54, 1.807) is 0 Å². The van der Waals surface area contributed by atoms with Crippen molar-refractivity contribution in [1.82, 2.24) is 10.6 Å².